The van der Waals surface area contributed by atoms with Crippen molar-refractivity contribution in [2.24, 2.45) is 0 Å². The maximum atomic E-state index is 13.5. The Hall–Kier alpha value is -3.51. The highest BCUT2D eigenvalue weighted by Crippen LogP contribution is 2.41. The van der Waals surface area contributed by atoms with Gasteiger partial charge in [0.05, 0.1) is 29.9 Å². The largest absolute Gasteiger partial charge is 0.497 e. The Morgan fingerprint density at radius 2 is 1.45 bits per heavy atom. The van der Waals surface area contributed by atoms with E-state index >= 15 is 0 Å². The van der Waals surface area contributed by atoms with E-state index in [2.05, 4.69) is 0 Å². The Morgan fingerprint density at radius 1 is 0.806 bits per heavy atom. The molecule has 4 rings (SSSR count). The highest BCUT2D eigenvalue weighted by Gasteiger charge is 2.40. The zero-order valence-electron chi connectivity index (χ0n) is 17.2. The van der Waals surface area contributed by atoms with Gasteiger partial charge < -0.3 is 9.47 Å². The Kier molecular flexibility index (Phi) is 6.09. The Labute approximate surface area is 185 Å². The lowest BCUT2D eigenvalue weighted by Gasteiger charge is -2.15. The summed E-state index contributed by atoms with van der Waals surface area (Å²) < 4.78 is 10.7. The molecule has 2 amide bonds. The maximum absolute atomic E-state index is 13.5. The molecule has 0 atom stereocenters. The zero-order chi connectivity index (χ0) is 21.8. The zero-order valence-corrected chi connectivity index (χ0v) is 18.0. The van der Waals surface area contributed by atoms with Gasteiger partial charge in [-0.15, -0.1) is 0 Å². The van der Waals surface area contributed by atoms with Gasteiger partial charge in [-0.05, 0) is 61.0 Å². The highest BCUT2D eigenvalue weighted by molar-refractivity contribution is 8.04. The first kappa shape index (κ1) is 20.8. The van der Waals surface area contributed by atoms with E-state index in [0.29, 0.717) is 39.8 Å². The third-order valence-corrected chi connectivity index (χ3v) is 5.88. The predicted molar refractivity (Wildman–Crippen MR) is 122 cm³/mol. The molecule has 5 nitrogen and oxygen atoms in total. The Bertz CT molecular complexity index is 1120. The molecule has 3 aromatic carbocycles. The van der Waals surface area contributed by atoms with Crippen LogP contribution in [0, 0.1) is 0 Å². The molecule has 1 heterocycles. The molecule has 6 heteroatoms. The fraction of sp³-hybridized carbons (Fsp3) is 0.120. The minimum absolute atomic E-state index is 0.340. The molecular formula is C25H21NO4S. The molecular weight excluding hydrogens is 410 g/mol. The topological polar surface area (TPSA) is 55.8 Å². The lowest BCUT2D eigenvalue weighted by Crippen LogP contribution is -2.31. The summed E-state index contributed by atoms with van der Waals surface area (Å²) in [5.41, 5.74) is 1.57. The summed E-state index contributed by atoms with van der Waals surface area (Å²) in [6.07, 6.45) is 0. The number of carbonyl (C=O) groups is 2. The SMILES string of the molecule is CCOc1ccc(C2=C(Sc3ccccc3)C(=O)N(c3ccc(OC)cc3)C2=O)cc1. The van der Waals surface area contributed by atoms with Crippen LogP contribution in [0.15, 0.2) is 88.7 Å². The lowest BCUT2D eigenvalue weighted by atomic mass is 10.1. The van der Waals surface area contributed by atoms with E-state index in [1.165, 1.54) is 16.7 Å². The standard InChI is InChI=1S/C25H21NO4S/c1-3-30-20-13-9-17(10-14-20)22-23(31-21-7-5-4-6-8-21)25(28)26(24(22)27)18-11-15-19(29-2)16-12-18/h4-16H,3H2,1-2H3. The van der Waals surface area contributed by atoms with Gasteiger partial charge in [0, 0.05) is 4.90 Å². The lowest BCUT2D eigenvalue weighted by molar-refractivity contribution is -0.119. The van der Waals surface area contributed by atoms with Gasteiger partial charge in [-0.25, -0.2) is 4.90 Å². The third kappa shape index (κ3) is 4.20. The normalized spacial score (nSPS) is 13.7. The van der Waals surface area contributed by atoms with E-state index in [1.54, 1.807) is 31.4 Å². The highest BCUT2D eigenvalue weighted by atomic mass is 32.2. The van der Waals surface area contributed by atoms with Crippen LogP contribution in [0.3, 0.4) is 0 Å². The van der Waals surface area contributed by atoms with Gasteiger partial charge in [-0.3, -0.25) is 9.59 Å². The van der Waals surface area contributed by atoms with Gasteiger partial charge in [0.1, 0.15) is 11.5 Å². The average molecular weight is 432 g/mol. The number of ether oxygens (including phenoxy) is 2. The third-order valence-electron chi connectivity index (χ3n) is 4.79. The van der Waals surface area contributed by atoms with Gasteiger partial charge in [0.2, 0.25) is 0 Å². The second kappa shape index (κ2) is 9.10. The van der Waals surface area contributed by atoms with Crippen LogP contribution >= 0.6 is 11.8 Å². The number of methoxy groups -OCH3 is 1. The van der Waals surface area contributed by atoms with Crippen molar-refractivity contribution in [3.8, 4) is 11.5 Å². The fourth-order valence-corrected chi connectivity index (χ4v) is 4.33. The second-order valence-electron chi connectivity index (χ2n) is 6.72. The van der Waals surface area contributed by atoms with E-state index in [4.69, 9.17) is 9.47 Å². The van der Waals surface area contributed by atoms with Gasteiger partial charge >= 0.3 is 0 Å². The smallest absolute Gasteiger partial charge is 0.272 e. The molecule has 1 aliphatic heterocycles. The maximum Gasteiger partial charge on any atom is 0.272 e. The summed E-state index contributed by atoms with van der Waals surface area (Å²) >= 11 is 1.30. The molecule has 0 saturated carbocycles. The van der Waals surface area contributed by atoms with Crippen molar-refractivity contribution in [2.45, 2.75) is 11.8 Å². The van der Waals surface area contributed by atoms with Gasteiger partial charge in [0.15, 0.2) is 0 Å². The number of amides is 2. The monoisotopic (exact) mass is 431 g/mol. The number of carbonyl (C=O) groups excluding carboxylic acids is 2. The molecule has 0 unspecified atom stereocenters. The molecule has 0 saturated heterocycles. The summed E-state index contributed by atoms with van der Waals surface area (Å²) in [5.74, 6) is 0.681. The van der Waals surface area contributed by atoms with E-state index in [9.17, 15) is 9.59 Å². The van der Waals surface area contributed by atoms with Crippen LogP contribution in [0.1, 0.15) is 12.5 Å². The quantitative estimate of drug-likeness (QED) is 0.483. The summed E-state index contributed by atoms with van der Waals surface area (Å²) in [5, 5.41) is 0. The second-order valence-corrected chi connectivity index (χ2v) is 7.80. The van der Waals surface area contributed by atoms with Crippen molar-refractivity contribution >= 4 is 34.8 Å². The van der Waals surface area contributed by atoms with Crippen molar-refractivity contribution in [1.29, 1.82) is 0 Å². The van der Waals surface area contributed by atoms with Gasteiger partial charge in [-0.2, -0.15) is 0 Å². The minimum atomic E-state index is -0.349. The van der Waals surface area contributed by atoms with Gasteiger partial charge in [0.25, 0.3) is 11.8 Å². The van der Waals surface area contributed by atoms with Crippen LogP contribution in [0.2, 0.25) is 0 Å². The number of anilines is 1. The molecule has 3 aromatic rings. The van der Waals surface area contributed by atoms with Crippen LogP contribution in [-0.2, 0) is 9.59 Å². The van der Waals surface area contributed by atoms with E-state index in [-0.39, 0.29) is 11.8 Å². The number of hydrogen-bond donors (Lipinski definition) is 0. The van der Waals surface area contributed by atoms with Crippen LogP contribution in [0.5, 0.6) is 11.5 Å². The van der Waals surface area contributed by atoms with Crippen molar-refractivity contribution in [1.82, 2.24) is 0 Å². The molecule has 0 aromatic heterocycles. The number of thioether (sulfide) groups is 1. The summed E-state index contributed by atoms with van der Waals surface area (Å²) in [6, 6.07) is 23.7. The van der Waals surface area contributed by atoms with Crippen molar-refractivity contribution < 1.29 is 19.1 Å². The van der Waals surface area contributed by atoms with E-state index in [0.717, 1.165) is 4.90 Å². The molecule has 0 fully saturated rings. The van der Waals surface area contributed by atoms with Crippen molar-refractivity contribution in [2.75, 3.05) is 18.6 Å². The number of nitrogens with zero attached hydrogens (tertiary/aromatic N) is 1. The number of benzene rings is 3. The predicted octanol–water partition coefficient (Wildman–Crippen LogP) is 5.17. The summed E-state index contributed by atoms with van der Waals surface area (Å²) in [7, 11) is 1.57. The first-order valence-electron chi connectivity index (χ1n) is 9.85. The molecule has 156 valence electrons. The number of hydrogen-bond acceptors (Lipinski definition) is 5. The number of imide groups is 1. The van der Waals surface area contributed by atoms with E-state index in [1.807, 2.05) is 61.5 Å². The molecule has 0 N–H and O–H groups in total. The Morgan fingerprint density at radius 3 is 2.06 bits per heavy atom. The summed E-state index contributed by atoms with van der Waals surface area (Å²) in [6.45, 7) is 2.47. The minimum Gasteiger partial charge on any atom is -0.497 e. The van der Waals surface area contributed by atoms with Crippen molar-refractivity contribution in [3.05, 3.63) is 89.3 Å². The van der Waals surface area contributed by atoms with Gasteiger partial charge in [-0.1, -0.05) is 42.1 Å². The van der Waals surface area contributed by atoms with Crippen molar-refractivity contribution in [3.63, 3.8) is 0 Å². The number of rotatable bonds is 7. The first-order chi connectivity index (χ1) is 15.1. The van der Waals surface area contributed by atoms with Crippen LogP contribution in [-0.4, -0.2) is 25.5 Å². The van der Waals surface area contributed by atoms with Crippen LogP contribution in [0.25, 0.3) is 5.57 Å². The Balaban J connectivity index is 1.76. The molecule has 0 aliphatic carbocycles. The average Bonchev–Trinajstić information content (AvgIpc) is 3.05. The molecule has 0 bridgehead atoms. The molecule has 1 aliphatic rings. The molecule has 0 radical (unpaired) electrons. The first-order valence-corrected chi connectivity index (χ1v) is 10.7. The molecule has 31 heavy (non-hydrogen) atoms. The fourth-order valence-electron chi connectivity index (χ4n) is 3.32. The molecule has 0 spiro atoms. The van der Waals surface area contributed by atoms with Crippen LogP contribution in [0.4, 0.5) is 5.69 Å². The van der Waals surface area contributed by atoms with E-state index < -0.39 is 0 Å². The summed E-state index contributed by atoms with van der Waals surface area (Å²) in [4.78, 5) is 29.4. The van der Waals surface area contributed by atoms with Crippen LogP contribution < -0.4 is 14.4 Å².